The van der Waals surface area contributed by atoms with Gasteiger partial charge < -0.3 is 0 Å². The lowest BCUT2D eigenvalue weighted by molar-refractivity contribution is -0.120. The molecule has 20 heavy (non-hydrogen) atoms. The Hall–Kier alpha value is -0.670. The van der Waals surface area contributed by atoms with Crippen LogP contribution in [0, 0.1) is 11.8 Å². The van der Waals surface area contributed by atoms with Crippen molar-refractivity contribution in [1.82, 2.24) is 0 Å². The van der Waals surface area contributed by atoms with Crippen molar-refractivity contribution in [3.8, 4) is 0 Å². The largest absolute Gasteiger partial charge is 0.299 e. The van der Waals surface area contributed by atoms with Crippen LogP contribution in [0.3, 0.4) is 0 Å². The van der Waals surface area contributed by atoms with E-state index in [2.05, 4.69) is 36.4 Å². The summed E-state index contributed by atoms with van der Waals surface area (Å²) < 4.78 is 0.0433. The molecule has 0 amide bonds. The standard InChI is InChI=1S/C17H18OS2/c18-15-8-7-13-14(12-5-2-1-3-6-12)11-17(16(13)15)19-9-4-10-20-17/h1-3,5-6,11,13,16H,4,7-10H2/t13-,16+/m0/s1. The van der Waals surface area contributed by atoms with Crippen LogP contribution < -0.4 is 0 Å². The van der Waals surface area contributed by atoms with Crippen LogP contribution in [0.2, 0.25) is 0 Å². The maximum atomic E-state index is 12.4. The molecule has 2 aliphatic carbocycles. The maximum Gasteiger partial charge on any atom is 0.139 e. The minimum Gasteiger partial charge on any atom is -0.299 e. The van der Waals surface area contributed by atoms with Gasteiger partial charge in [0.2, 0.25) is 0 Å². The molecule has 1 aromatic carbocycles. The summed E-state index contributed by atoms with van der Waals surface area (Å²) in [6.45, 7) is 0. The van der Waals surface area contributed by atoms with Crippen LogP contribution in [0.5, 0.6) is 0 Å². The topological polar surface area (TPSA) is 17.1 Å². The molecule has 1 aliphatic heterocycles. The van der Waals surface area contributed by atoms with Crippen LogP contribution in [-0.4, -0.2) is 21.4 Å². The number of benzene rings is 1. The number of Topliss-reactive ketones (excluding diaryl/α,β-unsaturated/α-hetero) is 1. The van der Waals surface area contributed by atoms with Gasteiger partial charge in [0.15, 0.2) is 0 Å². The monoisotopic (exact) mass is 302 g/mol. The van der Waals surface area contributed by atoms with E-state index in [0.717, 1.165) is 12.8 Å². The Morgan fingerprint density at radius 3 is 2.60 bits per heavy atom. The summed E-state index contributed by atoms with van der Waals surface area (Å²) in [5.41, 5.74) is 2.75. The van der Waals surface area contributed by atoms with Crippen molar-refractivity contribution >= 4 is 34.9 Å². The predicted molar refractivity (Wildman–Crippen MR) is 87.9 cm³/mol. The zero-order chi connectivity index (χ0) is 13.6. The highest BCUT2D eigenvalue weighted by molar-refractivity contribution is 8.19. The van der Waals surface area contributed by atoms with E-state index in [4.69, 9.17) is 0 Å². The van der Waals surface area contributed by atoms with Gasteiger partial charge in [-0.15, -0.1) is 23.5 Å². The van der Waals surface area contributed by atoms with Gasteiger partial charge >= 0.3 is 0 Å². The number of allylic oxidation sites excluding steroid dienone is 1. The van der Waals surface area contributed by atoms with Crippen LogP contribution >= 0.6 is 23.5 Å². The summed E-state index contributed by atoms with van der Waals surface area (Å²) in [6.07, 6.45) is 5.55. The number of hydrogen-bond acceptors (Lipinski definition) is 3. The van der Waals surface area contributed by atoms with Gasteiger partial charge in [-0.05, 0) is 41.4 Å². The number of rotatable bonds is 1. The van der Waals surface area contributed by atoms with Crippen LogP contribution in [0.4, 0.5) is 0 Å². The molecule has 3 heteroatoms. The summed E-state index contributed by atoms with van der Waals surface area (Å²) in [6, 6.07) is 10.7. The van der Waals surface area contributed by atoms with Gasteiger partial charge in [-0.2, -0.15) is 0 Å². The van der Waals surface area contributed by atoms with Crippen molar-refractivity contribution in [3.63, 3.8) is 0 Å². The van der Waals surface area contributed by atoms with E-state index >= 15 is 0 Å². The Kier molecular flexibility index (Phi) is 3.23. The molecule has 2 atom stereocenters. The number of carbonyl (C=O) groups is 1. The average molecular weight is 302 g/mol. The molecule has 0 unspecified atom stereocenters. The third-order valence-corrected chi connectivity index (χ3v) is 8.03. The third-order valence-electron chi connectivity index (χ3n) is 4.69. The molecule has 1 spiro atoms. The maximum absolute atomic E-state index is 12.4. The minimum atomic E-state index is 0.0433. The fourth-order valence-corrected chi connectivity index (χ4v) is 7.46. The molecular formula is C17H18OS2. The zero-order valence-electron chi connectivity index (χ0n) is 11.4. The lowest BCUT2D eigenvalue weighted by Gasteiger charge is -2.35. The lowest BCUT2D eigenvalue weighted by Crippen LogP contribution is -2.34. The van der Waals surface area contributed by atoms with E-state index in [1.807, 2.05) is 23.5 Å². The van der Waals surface area contributed by atoms with E-state index in [1.165, 1.54) is 29.1 Å². The summed E-state index contributed by atoms with van der Waals surface area (Å²) in [5, 5.41) is 0. The molecule has 104 valence electrons. The Labute approximate surface area is 128 Å². The van der Waals surface area contributed by atoms with Gasteiger partial charge in [-0.3, -0.25) is 4.79 Å². The van der Waals surface area contributed by atoms with Gasteiger partial charge in [-0.25, -0.2) is 0 Å². The second-order valence-electron chi connectivity index (χ2n) is 5.83. The molecular weight excluding hydrogens is 284 g/mol. The van der Waals surface area contributed by atoms with E-state index in [0.29, 0.717) is 11.7 Å². The molecule has 0 radical (unpaired) electrons. The normalized spacial score (nSPS) is 31.4. The Balaban J connectivity index is 1.79. The quantitative estimate of drug-likeness (QED) is 0.772. The smallest absolute Gasteiger partial charge is 0.139 e. The fraction of sp³-hybridized carbons (Fsp3) is 0.471. The van der Waals surface area contributed by atoms with Gasteiger partial charge in [0.25, 0.3) is 0 Å². The zero-order valence-corrected chi connectivity index (χ0v) is 13.0. The summed E-state index contributed by atoms with van der Waals surface area (Å²) >= 11 is 4.03. The highest BCUT2D eigenvalue weighted by Crippen LogP contribution is 2.62. The van der Waals surface area contributed by atoms with Crippen molar-refractivity contribution in [3.05, 3.63) is 42.0 Å². The van der Waals surface area contributed by atoms with E-state index in [9.17, 15) is 4.79 Å². The van der Waals surface area contributed by atoms with Crippen LogP contribution in [0.25, 0.3) is 5.57 Å². The molecule has 1 aromatic rings. The van der Waals surface area contributed by atoms with Crippen molar-refractivity contribution in [2.45, 2.75) is 23.3 Å². The molecule has 1 nitrogen and oxygen atoms in total. The number of ketones is 1. The summed E-state index contributed by atoms with van der Waals surface area (Å²) in [4.78, 5) is 12.4. The van der Waals surface area contributed by atoms with E-state index in [-0.39, 0.29) is 10.00 Å². The molecule has 3 aliphatic rings. The average Bonchev–Trinajstić information content (AvgIpc) is 3.02. The Morgan fingerprint density at radius 1 is 1.10 bits per heavy atom. The number of thioether (sulfide) groups is 2. The first-order valence-electron chi connectivity index (χ1n) is 7.39. The van der Waals surface area contributed by atoms with Gasteiger partial charge in [0.05, 0.1) is 10.00 Å². The van der Waals surface area contributed by atoms with Crippen molar-refractivity contribution < 1.29 is 4.79 Å². The second-order valence-corrected chi connectivity index (χ2v) is 8.83. The highest BCUT2D eigenvalue weighted by Gasteiger charge is 2.55. The van der Waals surface area contributed by atoms with E-state index in [1.54, 1.807) is 0 Å². The van der Waals surface area contributed by atoms with Crippen molar-refractivity contribution in [1.29, 1.82) is 0 Å². The van der Waals surface area contributed by atoms with Crippen molar-refractivity contribution in [2.24, 2.45) is 11.8 Å². The molecule has 1 saturated heterocycles. The molecule has 0 bridgehead atoms. The number of carbonyl (C=O) groups excluding carboxylic acids is 1. The van der Waals surface area contributed by atoms with E-state index < -0.39 is 0 Å². The summed E-state index contributed by atoms with van der Waals surface area (Å²) in [5.74, 6) is 3.58. The van der Waals surface area contributed by atoms with Crippen LogP contribution in [0.15, 0.2) is 36.4 Å². The van der Waals surface area contributed by atoms with Gasteiger partial charge in [0, 0.05) is 6.42 Å². The summed E-state index contributed by atoms with van der Waals surface area (Å²) in [7, 11) is 0. The first-order chi connectivity index (χ1) is 9.80. The Bertz CT molecular complexity index is 558. The number of hydrogen-bond donors (Lipinski definition) is 0. The van der Waals surface area contributed by atoms with Crippen LogP contribution in [-0.2, 0) is 4.79 Å². The predicted octanol–water partition coefficient (Wildman–Crippen LogP) is 4.25. The van der Waals surface area contributed by atoms with Crippen LogP contribution in [0.1, 0.15) is 24.8 Å². The number of fused-ring (bicyclic) bond motifs is 2. The van der Waals surface area contributed by atoms with Gasteiger partial charge in [-0.1, -0.05) is 36.4 Å². The third kappa shape index (κ3) is 1.90. The minimum absolute atomic E-state index is 0.0433. The first kappa shape index (κ1) is 13.0. The fourth-order valence-electron chi connectivity index (χ4n) is 3.85. The molecule has 0 aromatic heterocycles. The highest BCUT2D eigenvalue weighted by atomic mass is 32.2. The Morgan fingerprint density at radius 2 is 1.85 bits per heavy atom. The lowest BCUT2D eigenvalue weighted by atomic mass is 9.90. The first-order valence-corrected chi connectivity index (χ1v) is 9.36. The molecule has 2 fully saturated rings. The molecule has 4 rings (SSSR count). The molecule has 0 N–H and O–H groups in total. The van der Waals surface area contributed by atoms with Crippen molar-refractivity contribution in [2.75, 3.05) is 11.5 Å². The van der Waals surface area contributed by atoms with Gasteiger partial charge in [0.1, 0.15) is 5.78 Å². The molecule has 1 saturated carbocycles. The SMILES string of the molecule is O=C1CC[C@H]2C(c3ccccc3)=CC3(SCCCS3)[C@@H]12. The molecule has 1 heterocycles. The second kappa shape index (κ2) is 4.96.